The molecule has 0 amide bonds. The minimum atomic E-state index is -0.444. The second kappa shape index (κ2) is 4.73. The number of carbonyl (C=O) groups excluding carboxylic acids is 1. The number of methoxy groups -OCH3 is 1. The molecule has 0 bridgehead atoms. The molecule has 98 valence electrons. The van der Waals surface area contributed by atoms with Crippen molar-refractivity contribution in [3.63, 3.8) is 0 Å². The molecule has 1 aliphatic rings. The third-order valence-electron chi connectivity index (χ3n) is 3.68. The first kappa shape index (κ1) is 13.1. The van der Waals surface area contributed by atoms with Crippen LogP contribution in [0.25, 0.3) is 0 Å². The molecule has 1 aliphatic heterocycles. The van der Waals surface area contributed by atoms with Gasteiger partial charge in [0, 0.05) is 0 Å². The fourth-order valence-corrected chi connectivity index (χ4v) is 2.47. The van der Waals surface area contributed by atoms with E-state index < -0.39 is 5.41 Å². The van der Waals surface area contributed by atoms with Gasteiger partial charge in [-0.1, -0.05) is 19.9 Å². The van der Waals surface area contributed by atoms with Crippen molar-refractivity contribution in [2.45, 2.75) is 32.1 Å². The van der Waals surface area contributed by atoms with Crippen LogP contribution in [-0.2, 0) is 14.9 Å². The standard InChI is InChI=1S/C15H20O3/c1-10(2)12-6-13(11(3)5-14(12)17-4)15(7-16)8-18-9-15/h5-7,10H,8-9H2,1-4H3. The summed E-state index contributed by atoms with van der Waals surface area (Å²) in [5.74, 6) is 1.26. The van der Waals surface area contributed by atoms with Crippen LogP contribution in [0.4, 0.5) is 0 Å². The van der Waals surface area contributed by atoms with E-state index in [2.05, 4.69) is 19.9 Å². The normalized spacial score (nSPS) is 17.4. The van der Waals surface area contributed by atoms with Gasteiger partial charge in [0.15, 0.2) is 0 Å². The fourth-order valence-electron chi connectivity index (χ4n) is 2.47. The summed E-state index contributed by atoms with van der Waals surface area (Å²) in [4.78, 5) is 11.4. The molecular formula is C15H20O3. The summed E-state index contributed by atoms with van der Waals surface area (Å²) in [5, 5.41) is 0. The number of carbonyl (C=O) groups is 1. The van der Waals surface area contributed by atoms with Gasteiger partial charge in [-0.2, -0.15) is 0 Å². The van der Waals surface area contributed by atoms with Crippen LogP contribution in [0.3, 0.4) is 0 Å². The molecule has 18 heavy (non-hydrogen) atoms. The molecule has 1 heterocycles. The lowest BCUT2D eigenvalue weighted by Crippen LogP contribution is -2.48. The smallest absolute Gasteiger partial charge is 0.135 e. The second-order valence-electron chi connectivity index (χ2n) is 5.33. The SMILES string of the molecule is COc1cc(C)c(C2(C=O)COC2)cc1C(C)C. The number of hydrogen-bond acceptors (Lipinski definition) is 3. The van der Waals surface area contributed by atoms with Crippen molar-refractivity contribution < 1.29 is 14.3 Å². The Labute approximate surface area is 108 Å². The monoisotopic (exact) mass is 248 g/mol. The van der Waals surface area contributed by atoms with Crippen molar-refractivity contribution in [2.24, 2.45) is 0 Å². The number of rotatable bonds is 4. The average molecular weight is 248 g/mol. The molecule has 0 aromatic heterocycles. The third kappa shape index (κ3) is 1.93. The van der Waals surface area contributed by atoms with Gasteiger partial charge in [-0.3, -0.25) is 0 Å². The van der Waals surface area contributed by atoms with Crippen molar-refractivity contribution in [1.29, 1.82) is 0 Å². The summed E-state index contributed by atoms with van der Waals surface area (Å²) in [6, 6.07) is 4.13. The molecule has 1 saturated heterocycles. The summed E-state index contributed by atoms with van der Waals surface area (Å²) in [6.07, 6.45) is 1.02. The summed E-state index contributed by atoms with van der Waals surface area (Å²) >= 11 is 0. The Morgan fingerprint density at radius 2 is 2.06 bits per heavy atom. The highest BCUT2D eigenvalue weighted by Gasteiger charge is 2.41. The molecule has 0 atom stereocenters. The van der Waals surface area contributed by atoms with Crippen LogP contribution in [-0.4, -0.2) is 26.6 Å². The summed E-state index contributed by atoms with van der Waals surface area (Å²) < 4.78 is 10.7. The molecule has 3 nitrogen and oxygen atoms in total. The van der Waals surface area contributed by atoms with Gasteiger partial charge in [0.2, 0.25) is 0 Å². The van der Waals surface area contributed by atoms with Gasteiger partial charge in [0.1, 0.15) is 12.0 Å². The van der Waals surface area contributed by atoms with Crippen molar-refractivity contribution in [2.75, 3.05) is 20.3 Å². The zero-order valence-electron chi connectivity index (χ0n) is 11.4. The van der Waals surface area contributed by atoms with E-state index in [1.807, 2.05) is 13.0 Å². The summed E-state index contributed by atoms with van der Waals surface area (Å²) in [6.45, 7) is 7.25. The van der Waals surface area contributed by atoms with Crippen LogP contribution in [0.15, 0.2) is 12.1 Å². The van der Waals surface area contributed by atoms with Crippen LogP contribution >= 0.6 is 0 Å². The predicted molar refractivity (Wildman–Crippen MR) is 70.4 cm³/mol. The van der Waals surface area contributed by atoms with E-state index in [9.17, 15) is 4.79 Å². The zero-order valence-corrected chi connectivity index (χ0v) is 11.4. The molecule has 1 fully saturated rings. The Kier molecular flexibility index (Phi) is 3.44. The van der Waals surface area contributed by atoms with E-state index in [0.29, 0.717) is 19.1 Å². The van der Waals surface area contributed by atoms with Gasteiger partial charge < -0.3 is 14.3 Å². The Balaban J connectivity index is 2.54. The van der Waals surface area contributed by atoms with Crippen LogP contribution in [0.5, 0.6) is 5.75 Å². The number of hydrogen-bond donors (Lipinski definition) is 0. The van der Waals surface area contributed by atoms with Crippen LogP contribution in [0.2, 0.25) is 0 Å². The van der Waals surface area contributed by atoms with Gasteiger partial charge in [-0.05, 0) is 35.6 Å². The second-order valence-corrected chi connectivity index (χ2v) is 5.33. The van der Waals surface area contributed by atoms with E-state index in [-0.39, 0.29) is 0 Å². The Bertz CT molecular complexity index is 459. The molecule has 0 saturated carbocycles. The summed E-state index contributed by atoms with van der Waals surface area (Å²) in [7, 11) is 1.68. The molecule has 0 N–H and O–H groups in total. The molecule has 0 unspecified atom stereocenters. The van der Waals surface area contributed by atoms with Gasteiger partial charge in [0.25, 0.3) is 0 Å². The predicted octanol–water partition coefficient (Wildman–Crippen LogP) is 2.59. The number of aryl methyl sites for hydroxylation is 1. The average Bonchev–Trinajstić information content (AvgIpc) is 2.29. The molecule has 3 heteroatoms. The van der Waals surface area contributed by atoms with E-state index in [0.717, 1.165) is 28.7 Å². The first-order valence-electron chi connectivity index (χ1n) is 6.27. The van der Waals surface area contributed by atoms with Crippen LogP contribution in [0, 0.1) is 6.92 Å². The summed E-state index contributed by atoms with van der Waals surface area (Å²) in [5.41, 5.74) is 2.87. The number of aldehydes is 1. The van der Waals surface area contributed by atoms with Crippen molar-refractivity contribution in [3.8, 4) is 5.75 Å². The molecule has 1 aromatic rings. The highest BCUT2D eigenvalue weighted by atomic mass is 16.5. The molecule has 0 spiro atoms. The number of benzene rings is 1. The quantitative estimate of drug-likeness (QED) is 0.768. The fraction of sp³-hybridized carbons (Fsp3) is 0.533. The zero-order chi connectivity index (χ0) is 13.3. The molecule has 0 aliphatic carbocycles. The van der Waals surface area contributed by atoms with Gasteiger partial charge in [-0.15, -0.1) is 0 Å². The van der Waals surface area contributed by atoms with Gasteiger partial charge >= 0.3 is 0 Å². The maximum Gasteiger partial charge on any atom is 0.135 e. The van der Waals surface area contributed by atoms with Crippen molar-refractivity contribution in [1.82, 2.24) is 0 Å². The first-order chi connectivity index (χ1) is 8.54. The maximum absolute atomic E-state index is 11.4. The Morgan fingerprint density at radius 3 is 2.44 bits per heavy atom. The largest absolute Gasteiger partial charge is 0.496 e. The van der Waals surface area contributed by atoms with Crippen LogP contribution in [0.1, 0.15) is 36.5 Å². The minimum absolute atomic E-state index is 0.365. The minimum Gasteiger partial charge on any atom is -0.496 e. The number of ether oxygens (including phenoxy) is 2. The lowest BCUT2D eigenvalue weighted by molar-refractivity contribution is -0.129. The Morgan fingerprint density at radius 1 is 1.39 bits per heavy atom. The molecule has 1 aromatic carbocycles. The van der Waals surface area contributed by atoms with E-state index in [1.54, 1.807) is 7.11 Å². The molecule has 2 rings (SSSR count). The Hall–Kier alpha value is -1.35. The highest BCUT2D eigenvalue weighted by Crippen LogP contribution is 2.38. The van der Waals surface area contributed by atoms with E-state index >= 15 is 0 Å². The lowest BCUT2D eigenvalue weighted by atomic mass is 9.76. The first-order valence-corrected chi connectivity index (χ1v) is 6.27. The van der Waals surface area contributed by atoms with Crippen LogP contribution < -0.4 is 4.74 Å². The molecule has 0 radical (unpaired) electrons. The van der Waals surface area contributed by atoms with Gasteiger partial charge in [0.05, 0.1) is 25.7 Å². The lowest BCUT2D eigenvalue weighted by Gasteiger charge is -2.38. The molecular weight excluding hydrogens is 228 g/mol. The van der Waals surface area contributed by atoms with E-state index in [1.165, 1.54) is 0 Å². The topological polar surface area (TPSA) is 35.5 Å². The third-order valence-corrected chi connectivity index (χ3v) is 3.68. The van der Waals surface area contributed by atoms with Crippen molar-refractivity contribution >= 4 is 6.29 Å². The van der Waals surface area contributed by atoms with Crippen molar-refractivity contribution in [3.05, 3.63) is 28.8 Å². The highest BCUT2D eigenvalue weighted by molar-refractivity contribution is 5.72. The van der Waals surface area contributed by atoms with E-state index in [4.69, 9.17) is 9.47 Å². The maximum atomic E-state index is 11.4. The van der Waals surface area contributed by atoms with Gasteiger partial charge in [-0.25, -0.2) is 0 Å².